The predicted molar refractivity (Wildman–Crippen MR) is 71.8 cm³/mol. The maximum absolute atomic E-state index is 12.1. The Balaban J connectivity index is 1.87. The summed E-state index contributed by atoms with van der Waals surface area (Å²) in [7, 11) is 1.29. The van der Waals surface area contributed by atoms with Crippen molar-refractivity contribution in [3.63, 3.8) is 0 Å². The van der Waals surface area contributed by atoms with Gasteiger partial charge in [0.05, 0.1) is 13.7 Å². The Kier molecular flexibility index (Phi) is 4.79. The lowest BCUT2D eigenvalue weighted by molar-refractivity contribution is -0.126. The molecule has 20 heavy (non-hydrogen) atoms. The standard InChI is InChI=1S/C14H20N2O4/c1-19-14(18)12-6-5-10(20-12)8-16-13(17)11-4-2-3-9(11)7-15/h5-6,9,11H,2-4,7-8,15H2,1H3,(H,16,17)/t9-,11-/m1/s1. The second-order valence-electron chi connectivity index (χ2n) is 5.01. The third kappa shape index (κ3) is 3.19. The van der Waals surface area contributed by atoms with E-state index in [4.69, 9.17) is 10.2 Å². The zero-order valence-electron chi connectivity index (χ0n) is 11.6. The Bertz CT molecular complexity index is 483. The molecule has 0 aromatic carbocycles. The van der Waals surface area contributed by atoms with Gasteiger partial charge < -0.3 is 20.2 Å². The number of rotatable bonds is 5. The van der Waals surface area contributed by atoms with Crippen LogP contribution in [-0.2, 0) is 16.1 Å². The minimum atomic E-state index is -0.526. The minimum absolute atomic E-state index is 0.00459. The van der Waals surface area contributed by atoms with Gasteiger partial charge in [-0.25, -0.2) is 4.79 Å². The number of furan rings is 1. The molecule has 110 valence electrons. The molecule has 2 atom stereocenters. The molecule has 6 nitrogen and oxygen atoms in total. The maximum Gasteiger partial charge on any atom is 0.373 e. The zero-order chi connectivity index (χ0) is 14.5. The Morgan fingerprint density at radius 1 is 1.45 bits per heavy atom. The number of nitrogens with two attached hydrogens (primary N) is 1. The fraction of sp³-hybridized carbons (Fsp3) is 0.571. The van der Waals surface area contributed by atoms with E-state index < -0.39 is 5.97 Å². The van der Waals surface area contributed by atoms with Gasteiger partial charge in [-0.2, -0.15) is 0 Å². The fourth-order valence-electron chi connectivity index (χ4n) is 2.65. The summed E-state index contributed by atoms with van der Waals surface area (Å²) < 4.78 is 9.84. The van der Waals surface area contributed by atoms with Gasteiger partial charge >= 0.3 is 5.97 Å². The first-order valence-electron chi connectivity index (χ1n) is 6.80. The first-order chi connectivity index (χ1) is 9.65. The molecule has 1 aliphatic rings. The van der Waals surface area contributed by atoms with E-state index in [0.29, 0.717) is 12.3 Å². The van der Waals surface area contributed by atoms with E-state index in [1.807, 2.05) is 0 Å². The topological polar surface area (TPSA) is 94.6 Å². The van der Waals surface area contributed by atoms with Crippen LogP contribution >= 0.6 is 0 Å². The smallest absolute Gasteiger partial charge is 0.373 e. The van der Waals surface area contributed by atoms with Crippen molar-refractivity contribution in [1.82, 2.24) is 5.32 Å². The van der Waals surface area contributed by atoms with E-state index in [1.54, 1.807) is 6.07 Å². The molecule has 0 spiro atoms. The van der Waals surface area contributed by atoms with Crippen LogP contribution in [0.3, 0.4) is 0 Å². The number of hydrogen-bond acceptors (Lipinski definition) is 5. The summed E-state index contributed by atoms with van der Waals surface area (Å²) in [5.74, 6) is 0.418. The molecule has 0 aliphatic heterocycles. The number of nitrogens with one attached hydrogen (secondary N) is 1. The highest BCUT2D eigenvalue weighted by molar-refractivity contribution is 5.86. The first kappa shape index (κ1) is 14.6. The normalized spacial score (nSPS) is 21.7. The molecule has 1 heterocycles. The van der Waals surface area contributed by atoms with Gasteiger partial charge in [-0.3, -0.25) is 4.79 Å². The quantitative estimate of drug-likeness (QED) is 0.786. The molecule has 6 heteroatoms. The lowest BCUT2D eigenvalue weighted by Crippen LogP contribution is -2.34. The molecular weight excluding hydrogens is 260 g/mol. The molecule has 1 aliphatic carbocycles. The number of methoxy groups -OCH3 is 1. The van der Waals surface area contributed by atoms with Gasteiger partial charge in [-0.1, -0.05) is 6.42 Å². The van der Waals surface area contributed by atoms with Crippen molar-refractivity contribution in [2.24, 2.45) is 17.6 Å². The van der Waals surface area contributed by atoms with Crippen molar-refractivity contribution in [2.75, 3.05) is 13.7 Å². The van der Waals surface area contributed by atoms with E-state index in [9.17, 15) is 9.59 Å². The van der Waals surface area contributed by atoms with Crippen molar-refractivity contribution in [2.45, 2.75) is 25.8 Å². The lowest BCUT2D eigenvalue weighted by Gasteiger charge is -2.16. The van der Waals surface area contributed by atoms with Crippen LogP contribution in [-0.4, -0.2) is 25.5 Å². The second kappa shape index (κ2) is 6.56. The molecule has 1 amide bonds. The Labute approximate surface area is 117 Å². The van der Waals surface area contributed by atoms with Crippen molar-refractivity contribution < 1.29 is 18.7 Å². The average molecular weight is 280 g/mol. The Hall–Kier alpha value is -1.82. The molecule has 0 unspecified atom stereocenters. The van der Waals surface area contributed by atoms with Crippen LogP contribution in [0.1, 0.15) is 35.6 Å². The van der Waals surface area contributed by atoms with Crippen LogP contribution < -0.4 is 11.1 Å². The number of esters is 1. The molecular formula is C14H20N2O4. The van der Waals surface area contributed by atoms with Gasteiger partial charge in [0, 0.05) is 5.92 Å². The third-order valence-corrected chi connectivity index (χ3v) is 3.78. The Morgan fingerprint density at radius 3 is 2.95 bits per heavy atom. The van der Waals surface area contributed by atoms with Gasteiger partial charge in [-0.15, -0.1) is 0 Å². The van der Waals surface area contributed by atoms with Crippen molar-refractivity contribution in [3.05, 3.63) is 23.7 Å². The van der Waals surface area contributed by atoms with E-state index >= 15 is 0 Å². The summed E-state index contributed by atoms with van der Waals surface area (Å²) in [4.78, 5) is 23.3. The number of hydrogen-bond donors (Lipinski definition) is 2. The van der Waals surface area contributed by atoms with Gasteiger partial charge in [-0.05, 0) is 37.4 Å². The van der Waals surface area contributed by atoms with E-state index in [1.165, 1.54) is 13.2 Å². The van der Waals surface area contributed by atoms with Gasteiger partial charge in [0.2, 0.25) is 11.7 Å². The van der Waals surface area contributed by atoms with Gasteiger partial charge in [0.1, 0.15) is 5.76 Å². The van der Waals surface area contributed by atoms with Crippen molar-refractivity contribution in [3.8, 4) is 0 Å². The van der Waals surface area contributed by atoms with Crippen LogP contribution in [0.2, 0.25) is 0 Å². The SMILES string of the molecule is COC(=O)c1ccc(CNC(=O)[C@@H]2CCC[C@@H]2CN)o1. The number of ether oxygens (including phenoxy) is 1. The molecule has 1 fully saturated rings. The predicted octanol–water partition coefficient (Wildman–Crippen LogP) is 1.06. The lowest BCUT2D eigenvalue weighted by atomic mass is 9.95. The minimum Gasteiger partial charge on any atom is -0.463 e. The van der Waals surface area contributed by atoms with E-state index in [0.717, 1.165) is 19.3 Å². The number of carbonyl (C=O) groups excluding carboxylic acids is 2. The zero-order valence-corrected chi connectivity index (χ0v) is 11.6. The fourth-order valence-corrected chi connectivity index (χ4v) is 2.65. The molecule has 0 radical (unpaired) electrons. The van der Waals surface area contributed by atoms with Crippen molar-refractivity contribution >= 4 is 11.9 Å². The van der Waals surface area contributed by atoms with Gasteiger partial charge in [0.15, 0.2) is 0 Å². The maximum atomic E-state index is 12.1. The van der Waals surface area contributed by atoms with Crippen molar-refractivity contribution in [1.29, 1.82) is 0 Å². The van der Waals surface area contributed by atoms with Crippen LogP contribution in [0, 0.1) is 11.8 Å². The highest BCUT2D eigenvalue weighted by Gasteiger charge is 2.31. The summed E-state index contributed by atoms with van der Waals surface area (Å²) in [6.45, 7) is 0.814. The van der Waals surface area contributed by atoms with Crippen LogP contribution in [0.15, 0.2) is 16.5 Å². The summed E-state index contributed by atoms with van der Waals surface area (Å²) >= 11 is 0. The molecule has 3 N–H and O–H groups in total. The Morgan fingerprint density at radius 2 is 2.25 bits per heavy atom. The summed E-state index contributed by atoms with van der Waals surface area (Å²) in [5.41, 5.74) is 5.67. The number of carbonyl (C=O) groups is 2. The molecule has 0 bridgehead atoms. The average Bonchev–Trinajstić information content (AvgIpc) is 3.12. The molecule has 1 saturated carbocycles. The largest absolute Gasteiger partial charge is 0.463 e. The van der Waals surface area contributed by atoms with Crippen LogP contribution in [0.4, 0.5) is 0 Å². The number of amides is 1. The second-order valence-corrected chi connectivity index (χ2v) is 5.01. The van der Waals surface area contributed by atoms with E-state index in [-0.39, 0.29) is 30.0 Å². The highest BCUT2D eigenvalue weighted by Crippen LogP contribution is 2.31. The highest BCUT2D eigenvalue weighted by atomic mass is 16.5. The van der Waals surface area contributed by atoms with Crippen LogP contribution in [0.5, 0.6) is 0 Å². The molecule has 2 rings (SSSR count). The first-order valence-corrected chi connectivity index (χ1v) is 6.80. The summed E-state index contributed by atoms with van der Waals surface area (Å²) in [5, 5.41) is 2.84. The molecule has 1 aromatic rings. The van der Waals surface area contributed by atoms with Crippen LogP contribution in [0.25, 0.3) is 0 Å². The third-order valence-electron chi connectivity index (χ3n) is 3.78. The molecule has 1 aromatic heterocycles. The monoisotopic (exact) mass is 280 g/mol. The summed E-state index contributed by atoms with van der Waals surface area (Å²) in [6.07, 6.45) is 2.95. The molecule has 0 saturated heterocycles. The van der Waals surface area contributed by atoms with Gasteiger partial charge in [0.25, 0.3) is 0 Å². The van der Waals surface area contributed by atoms with E-state index in [2.05, 4.69) is 10.1 Å². The summed E-state index contributed by atoms with van der Waals surface area (Å²) in [6, 6.07) is 3.19.